The zero-order valence-corrected chi connectivity index (χ0v) is 12.3. The lowest BCUT2D eigenvalue weighted by Gasteiger charge is -2.20. The van der Waals surface area contributed by atoms with Crippen LogP contribution in [-0.4, -0.2) is 9.78 Å². The Bertz CT molecular complexity index is 598. The number of hydrogen-bond donors (Lipinski definition) is 2. The highest BCUT2D eigenvalue weighted by Gasteiger charge is 2.22. The van der Waals surface area contributed by atoms with Crippen molar-refractivity contribution in [2.45, 2.75) is 33.7 Å². The Labute approximate surface area is 114 Å². The van der Waals surface area contributed by atoms with Gasteiger partial charge in [-0.25, -0.2) is 5.43 Å². The summed E-state index contributed by atoms with van der Waals surface area (Å²) in [6.45, 7) is 8.36. The van der Waals surface area contributed by atoms with Crippen LogP contribution in [0.3, 0.4) is 0 Å². The molecule has 0 bridgehead atoms. The van der Waals surface area contributed by atoms with Crippen molar-refractivity contribution < 1.29 is 0 Å². The van der Waals surface area contributed by atoms with E-state index in [2.05, 4.69) is 49.5 Å². The van der Waals surface area contributed by atoms with Crippen LogP contribution in [0.5, 0.6) is 0 Å². The molecule has 2 aromatic rings. The number of aromatic nitrogens is 2. The normalized spacial score (nSPS) is 12.7. The molecule has 2 rings (SSSR count). The molecule has 1 atom stereocenters. The van der Waals surface area contributed by atoms with E-state index >= 15 is 0 Å². The van der Waals surface area contributed by atoms with Gasteiger partial charge in [0, 0.05) is 18.3 Å². The lowest BCUT2D eigenvalue weighted by atomic mass is 9.92. The molecule has 0 amide bonds. The third-order valence-electron chi connectivity index (χ3n) is 3.98. The fourth-order valence-corrected chi connectivity index (χ4v) is 2.62. The molecule has 0 aliphatic carbocycles. The highest BCUT2D eigenvalue weighted by atomic mass is 15.3. The smallest absolute Gasteiger partial charge is 0.0748 e. The maximum absolute atomic E-state index is 5.82. The van der Waals surface area contributed by atoms with E-state index in [1.807, 2.05) is 18.7 Å². The van der Waals surface area contributed by atoms with Crippen LogP contribution in [0.1, 0.15) is 39.7 Å². The molecular weight excluding hydrogens is 236 g/mol. The molecular formula is C15H22N4. The number of hydrogen-bond acceptors (Lipinski definition) is 3. The van der Waals surface area contributed by atoms with Gasteiger partial charge in [-0.15, -0.1) is 0 Å². The van der Waals surface area contributed by atoms with Crippen LogP contribution < -0.4 is 11.3 Å². The summed E-state index contributed by atoms with van der Waals surface area (Å²) >= 11 is 0. The number of nitrogens with one attached hydrogen (secondary N) is 1. The van der Waals surface area contributed by atoms with E-state index in [1.165, 1.54) is 22.3 Å². The molecule has 4 heteroatoms. The van der Waals surface area contributed by atoms with Gasteiger partial charge in [0.2, 0.25) is 0 Å². The molecule has 102 valence electrons. The van der Waals surface area contributed by atoms with Crippen molar-refractivity contribution >= 4 is 0 Å². The minimum atomic E-state index is -0.0198. The molecule has 4 nitrogen and oxygen atoms in total. The second-order valence-corrected chi connectivity index (χ2v) is 5.10. The van der Waals surface area contributed by atoms with Gasteiger partial charge in [-0.2, -0.15) is 5.10 Å². The molecule has 3 N–H and O–H groups in total. The summed E-state index contributed by atoms with van der Waals surface area (Å²) in [7, 11) is 1.96. The Balaban J connectivity index is 2.60. The Kier molecular flexibility index (Phi) is 3.73. The van der Waals surface area contributed by atoms with Crippen molar-refractivity contribution in [2.75, 3.05) is 0 Å². The minimum absolute atomic E-state index is 0.0198. The highest BCUT2D eigenvalue weighted by Crippen LogP contribution is 2.29. The molecule has 0 saturated carbocycles. The predicted octanol–water partition coefficient (Wildman–Crippen LogP) is 2.21. The second-order valence-electron chi connectivity index (χ2n) is 5.10. The van der Waals surface area contributed by atoms with Gasteiger partial charge in [-0.05, 0) is 44.4 Å². The number of benzene rings is 1. The fourth-order valence-electron chi connectivity index (χ4n) is 2.62. The first kappa shape index (κ1) is 13.8. The van der Waals surface area contributed by atoms with E-state index < -0.39 is 0 Å². The summed E-state index contributed by atoms with van der Waals surface area (Å²) in [6.07, 6.45) is 0. The van der Waals surface area contributed by atoms with E-state index in [0.717, 1.165) is 11.4 Å². The minimum Gasteiger partial charge on any atom is -0.272 e. The average molecular weight is 258 g/mol. The zero-order chi connectivity index (χ0) is 14.2. The van der Waals surface area contributed by atoms with E-state index in [-0.39, 0.29) is 6.04 Å². The van der Waals surface area contributed by atoms with Crippen molar-refractivity contribution in [2.24, 2.45) is 12.9 Å². The maximum atomic E-state index is 5.82. The number of rotatable bonds is 3. The summed E-state index contributed by atoms with van der Waals surface area (Å²) < 4.78 is 1.90. The quantitative estimate of drug-likeness (QED) is 0.655. The Morgan fingerprint density at radius 2 is 1.89 bits per heavy atom. The van der Waals surface area contributed by atoms with Crippen LogP contribution in [0.25, 0.3) is 0 Å². The van der Waals surface area contributed by atoms with Gasteiger partial charge in [0.05, 0.1) is 11.7 Å². The number of nitrogens with two attached hydrogens (primary N) is 1. The lowest BCUT2D eigenvalue weighted by Crippen LogP contribution is -2.30. The standard InChI is InChI=1S/C15H22N4/c1-9-7-6-8-13(10(9)2)15(17-16)14-11(3)18-19(5)12(14)4/h6-8,15,17H,16H2,1-5H3. The van der Waals surface area contributed by atoms with Gasteiger partial charge >= 0.3 is 0 Å². The van der Waals surface area contributed by atoms with Crippen molar-refractivity contribution in [3.63, 3.8) is 0 Å². The third kappa shape index (κ3) is 2.29. The Hall–Kier alpha value is -1.65. The molecule has 0 spiro atoms. The molecule has 19 heavy (non-hydrogen) atoms. The molecule has 1 heterocycles. The van der Waals surface area contributed by atoms with Gasteiger partial charge in [0.15, 0.2) is 0 Å². The first-order chi connectivity index (χ1) is 8.97. The topological polar surface area (TPSA) is 55.9 Å². The SMILES string of the molecule is Cc1cccc(C(NN)c2c(C)nn(C)c2C)c1C. The van der Waals surface area contributed by atoms with Crippen molar-refractivity contribution in [3.8, 4) is 0 Å². The first-order valence-electron chi connectivity index (χ1n) is 6.49. The fraction of sp³-hybridized carbons (Fsp3) is 0.400. The Morgan fingerprint density at radius 1 is 1.21 bits per heavy atom. The third-order valence-corrected chi connectivity index (χ3v) is 3.98. The van der Waals surface area contributed by atoms with Gasteiger partial charge < -0.3 is 0 Å². The zero-order valence-electron chi connectivity index (χ0n) is 12.3. The van der Waals surface area contributed by atoms with Crippen molar-refractivity contribution in [3.05, 3.63) is 51.8 Å². The van der Waals surface area contributed by atoms with Gasteiger partial charge in [-0.1, -0.05) is 18.2 Å². The summed E-state index contributed by atoms with van der Waals surface area (Å²) in [5.74, 6) is 5.82. The van der Waals surface area contributed by atoms with E-state index in [4.69, 9.17) is 5.84 Å². The predicted molar refractivity (Wildman–Crippen MR) is 77.8 cm³/mol. The lowest BCUT2D eigenvalue weighted by molar-refractivity contribution is 0.625. The van der Waals surface area contributed by atoms with Crippen LogP contribution in [0.2, 0.25) is 0 Å². The van der Waals surface area contributed by atoms with Crippen molar-refractivity contribution in [1.82, 2.24) is 15.2 Å². The Morgan fingerprint density at radius 3 is 2.42 bits per heavy atom. The van der Waals surface area contributed by atoms with Crippen LogP contribution >= 0.6 is 0 Å². The number of hydrazine groups is 1. The van der Waals surface area contributed by atoms with Crippen LogP contribution in [0, 0.1) is 27.7 Å². The average Bonchev–Trinajstić information content (AvgIpc) is 2.62. The summed E-state index contributed by atoms with van der Waals surface area (Å²) in [5.41, 5.74) is 10.0. The van der Waals surface area contributed by atoms with Gasteiger partial charge in [-0.3, -0.25) is 10.5 Å². The molecule has 0 aliphatic rings. The second kappa shape index (κ2) is 5.15. The maximum Gasteiger partial charge on any atom is 0.0748 e. The van der Waals surface area contributed by atoms with Gasteiger partial charge in [0.25, 0.3) is 0 Å². The molecule has 1 aromatic carbocycles. The van der Waals surface area contributed by atoms with E-state index in [0.29, 0.717) is 0 Å². The van der Waals surface area contributed by atoms with E-state index in [1.54, 1.807) is 0 Å². The van der Waals surface area contributed by atoms with Crippen molar-refractivity contribution in [1.29, 1.82) is 0 Å². The first-order valence-corrected chi connectivity index (χ1v) is 6.49. The molecule has 1 aromatic heterocycles. The molecule has 0 radical (unpaired) electrons. The highest BCUT2D eigenvalue weighted by molar-refractivity contribution is 5.43. The summed E-state index contributed by atoms with van der Waals surface area (Å²) in [6, 6.07) is 6.30. The molecule has 1 unspecified atom stereocenters. The van der Waals surface area contributed by atoms with Gasteiger partial charge in [0.1, 0.15) is 0 Å². The van der Waals surface area contributed by atoms with E-state index in [9.17, 15) is 0 Å². The monoisotopic (exact) mass is 258 g/mol. The molecule has 0 fully saturated rings. The number of nitrogens with zero attached hydrogens (tertiary/aromatic N) is 2. The van der Waals surface area contributed by atoms with Crippen LogP contribution in [0.15, 0.2) is 18.2 Å². The largest absolute Gasteiger partial charge is 0.272 e. The summed E-state index contributed by atoms with van der Waals surface area (Å²) in [5, 5.41) is 4.48. The summed E-state index contributed by atoms with van der Waals surface area (Å²) in [4.78, 5) is 0. The number of aryl methyl sites for hydroxylation is 3. The van der Waals surface area contributed by atoms with Crippen LogP contribution in [0.4, 0.5) is 0 Å². The molecule has 0 aliphatic heterocycles. The molecule has 0 saturated heterocycles. The van der Waals surface area contributed by atoms with Crippen LogP contribution in [-0.2, 0) is 7.05 Å².